The standard InChI is InChI=1S/C16H16O4.CH3NO2/c1-19-13-7-3-5-11(9-13)15(17)16(18)12-6-4-8-14(10-12)20-2;2-1(3)4/h3-10,15,17H,1-2H3;2H2,(H,3,4). The van der Waals surface area contributed by atoms with Gasteiger partial charge < -0.3 is 25.4 Å². The lowest BCUT2D eigenvalue weighted by molar-refractivity contribution is 0.0747. The number of carboxylic acid groups (broad SMARTS) is 1. The van der Waals surface area contributed by atoms with Crippen molar-refractivity contribution in [3.63, 3.8) is 0 Å². The third-order valence-corrected chi connectivity index (χ3v) is 3.01. The summed E-state index contributed by atoms with van der Waals surface area (Å²) < 4.78 is 10.2. The minimum absolute atomic E-state index is 0.378. The molecular weight excluding hydrogens is 314 g/mol. The number of rotatable bonds is 5. The van der Waals surface area contributed by atoms with E-state index < -0.39 is 12.2 Å². The number of Topliss-reactive ketones (excluding diaryl/α,β-unsaturated/α-hetero) is 1. The number of aliphatic hydroxyl groups excluding tert-OH is 1. The van der Waals surface area contributed by atoms with E-state index >= 15 is 0 Å². The molecule has 0 saturated carbocycles. The molecule has 0 aliphatic heterocycles. The molecule has 0 aliphatic rings. The first kappa shape index (κ1) is 19.0. The lowest BCUT2D eigenvalue weighted by Gasteiger charge is -2.12. The number of primary amides is 1. The van der Waals surface area contributed by atoms with Crippen molar-refractivity contribution in [2.75, 3.05) is 14.2 Å². The van der Waals surface area contributed by atoms with Crippen LogP contribution in [0, 0.1) is 0 Å². The van der Waals surface area contributed by atoms with Crippen LogP contribution in [0.4, 0.5) is 4.79 Å². The smallest absolute Gasteiger partial charge is 0.402 e. The van der Waals surface area contributed by atoms with E-state index in [1.807, 2.05) is 0 Å². The molecular formula is C17H19NO6. The monoisotopic (exact) mass is 333 g/mol. The number of ether oxygens (including phenoxy) is 2. The van der Waals surface area contributed by atoms with Crippen LogP contribution in [0.15, 0.2) is 48.5 Å². The fourth-order valence-electron chi connectivity index (χ4n) is 1.90. The van der Waals surface area contributed by atoms with Crippen molar-refractivity contribution in [2.24, 2.45) is 5.73 Å². The van der Waals surface area contributed by atoms with Crippen molar-refractivity contribution in [2.45, 2.75) is 6.10 Å². The molecule has 7 nitrogen and oxygen atoms in total. The van der Waals surface area contributed by atoms with E-state index in [4.69, 9.17) is 19.4 Å². The summed E-state index contributed by atoms with van der Waals surface area (Å²) in [7, 11) is 3.07. The lowest BCUT2D eigenvalue weighted by Crippen LogP contribution is -2.12. The van der Waals surface area contributed by atoms with Crippen LogP contribution < -0.4 is 15.2 Å². The molecule has 0 fully saturated rings. The molecule has 1 atom stereocenters. The van der Waals surface area contributed by atoms with Crippen molar-refractivity contribution in [1.29, 1.82) is 0 Å². The number of hydrogen-bond acceptors (Lipinski definition) is 5. The summed E-state index contributed by atoms with van der Waals surface area (Å²) in [5, 5.41) is 17.4. The highest BCUT2D eigenvalue weighted by molar-refractivity contribution is 6.00. The zero-order chi connectivity index (χ0) is 18.1. The van der Waals surface area contributed by atoms with Gasteiger partial charge in [0.1, 0.15) is 17.6 Å². The minimum atomic E-state index is -1.33. The van der Waals surface area contributed by atoms with Crippen LogP contribution in [0.5, 0.6) is 11.5 Å². The van der Waals surface area contributed by atoms with Gasteiger partial charge in [-0.3, -0.25) is 4.79 Å². The Morgan fingerprint density at radius 1 is 1.00 bits per heavy atom. The third kappa shape index (κ3) is 5.62. The van der Waals surface area contributed by atoms with Crippen LogP contribution in [0.1, 0.15) is 22.0 Å². The number of hydrogen-bond donors (Lipinski definition) is 3. The van der Waals surface area contributed by atoms with Crippen LogP contribution in [0.2, 0.25) is 0 Å². The summed E-state index contributed by atoms with van der Waals surface area (Å²) in [6.07, 6.45) is -2.56. The zero-order valence-electron chi connectivity index (χ0n) is 13.3. The molecule has 128 valence electrons. The van der Waals surface area contributed by atoms with Gasteiger partial charge in [-0.15, -0.1) is 0 Å². The molecule has 24 heavy (non-hydrogen) atoms. The zero-order valence-corrected chi connectivity index (χ0v) is 13.3. The van der Waals surface area contributed by atoms with Crippen LogP contribution in [0.3, 0.4) is 0 Å². The maximum absolute atomic E-state index is 12.3. The van der Waals surface area contributed by atoms with Crippen molar-refractivity contribution in [1.82, 2.24) is 0 Å². The van der Waals surface area contributed by atoms with E-state index in [2.05, 4.69) is 5.73 Å². The van der Waals surface area contributed by atoms with Crippen molar-refractivity contribution >= 4 is 11.9 Å². The van der Waals surface area contributed by atoms with Crippen molar-refractivity contribution < 1.29 is 29.3 Å². The molecule has 0 heterocycles. The average molecular weight is 333 g/mol. The molecule has 0 spiro atoms. The number of nitrogens with two attached hydrogens (primary N) is 1. The van der Waals surface area contributed by atoms with Crippen LogP contribution >= 0.6 is 0 Å². The molecule has 0 aliphatic carbocycles. The molecule has 0 radical (unpaired) electrons. The Kier molecular flexibility index (Phi) is 7.25. The maximum atomic E-state index is 12.3. The summed E-state index contributed by atoms with van der Waals surface area (Å²) in [5.41, 5.74) is 4.93. The Bertz CT molecular complexity index is 697. The number of amides is 1. The Hall–Kier alpha value is -3.06. The Morgan fingerprint density at radius 2 is 1.50 bits per heavy atom. The van der Waals surface area contributed by atoms with Gasteiger partial charge in [0.15, 0.2) is 5.78 Å². The highest BCUT2D eigenvalue weighted by Gasteiger charge is 2.20. The molecule has 0 aromatic heterocycles. The highest BCUT2D eigenvalue weighted by atomic mass is 16.5. The van der Waals surface area contributed by atoms with E-state index in [1.54, 1.807) is 48.5 Å². The molecule has 0 bridgehead atoms. The van der Waals surface area contributed by atoms with Gasteiger partial charge in [0.25, 0.3) is 0 Å². The van der Waals surface area contributed by atoms with Gasteiger partial charge in [-0.05, 0) is 29.8 Å². The van der Waals surface area contributed by atoms with Gasteiger partial charge in [0, 0.05) is 5.56 Å². The number of methoxy groups -OCH3 is 2. The number of ketones is 1. The normalized spacial score (nSPS) is 10.8. The third-order valence-electron chi connectivity index (χ3n) is 3.01. The summed E-state index contributed by atoms with van der Waals surface area (Å²) in [5.74, 6) is 0.797. The van der Waals surface area contributed by atoms with Crippen molar-refractivity contribution in [3.05, 3.63) is 59.7 Å². The fraction of sp³-hybridized carbons (Fsp3) is 0.176. The van der Waals surface area contributed by atoms with Crippen LogP contribution in [-0.2, 0) is 0 Å². The second-order valence-corrected chi connectivity index (χ2v) is 4.61. The average Bonchev–Trinajstić information content (AvgIpc) is 2.60. The minimum Gasteiger partial charge on any atom is -0.497 e. The summed E-state index contributed by atoms with van der Waals surface area (Å²) in [4.78, 5) is 21.0. The maximum Gasteiger partial charge on any atom is 0.402 e. The molecule has 2 rings (SSSR count). The second kappa shape index (κ2) is 9.16. The first-order valence-electron chi connectivity index (χ1n) is 6.87. The topological polar surface area (TPSA) is 119 Å². The highest BCUT2D eigenvalue weighted by Crippen LogP contribution is 2.23. The van der Waals surface area contributed by atoms with Crippen molar-refractivity contribution in [3.8, 4) is 11.5 Å². The van der Waals surface area contributed by atoms with Crippen LogP contribution in [-0.4, -0.2) is 36.3 Å². The van der Waals surface area contributed by atoms with Crippen LogP contribution in [0.25, 0.3) is 0 Å². The molecule has 1 unspecified atom stereocenters. The predicted octanol–water partition coefficient (Wildman–Crippen LogP) is 2.24. The van der Waals surface area contributed by atoms with E-state index in [1.165, 1.54) is 14.2 Å². The first-order chi connectivity index (χ1) is 11.4. The van der Waals surface area contributed by atoms with E-state index in [-0.39, 0.29) is 5.78 Å². The Balaban J connectivity index is 0.000000648. The lowest BCUT2D eigenvalue weighted by atomic mass is 9.99. The molecule has 4 N–H and O–H groups in total. The first-order valence-corrected chi connectivity index (χ1v) is 6.87. The van der Waals surface area contributed by atoms with E-state index in [0.29, 0.717) is 22.6 Å². The fourth-order valence-corrected chi connectivity index (χ4v) is 1.90. The molecule has 2 aromatic rings. The van der Waals surface area contributed by atoms with Gasteiger partial charge >= 0.3 is 6.09 Å². The molecule has 0 saturated heterocycles. The predicted molar refractivity (Wildman–Crippen MR) is 87.5 cm³/mol. The van der Waals surface area contributed by atoms with Gasteiger partial charge in [0.05, 0.1) is 14.2 Å². The largest absolute Gasteiger partial charge is 0.497 e. The number of aliphatic hydroxyl groups is 1. The Morgan fingerprint density at radius 3 is 2.04 bits per heavy atom. The number of benzene rings is 2. The van der Waals surface area contributed by atoms with Gasteiger partial charge in [0.2, 0.25) is 0 Å². The second-order valence-electron chi connectivity index (χ2n) is 4.61. The van der Waals surface area contributed by atoms with E-state index in [9.17, 15) is 9.90 Å². The summed E-state index contributed by atoms with van der Waals surface area (Å²) >= 11 is 0. The molecule has 2 aromatic carbocycles. The van der Waals surface area contributed by atoms with Gasteiger partial charge in [-0.1, -0.05) is 24.3 Å². The quantitative estimate of drug-likeness (QED) is 0.722. The summed E-state index contributed by atoms with van der Waals surface area (Å²) in [6, 6.07) is 13.5. The summed E-state index contributed by atoms with van der Waals surface area (Å²) in [6.45, 7) is 0. The van der Waals surface area contributed by atoms with Gasteiger partial charge in [-0.25, -0.2) is 4.79 Å². The number of carbonyl (C=O) groups is 2. The van der Waals surface area contributed by atoms with E-state index in [0.717, 1.165) is 0 Å². The molecule has 7 heteroatoms. The SMILES string of the molecule is COc1cccc(C(=O)C(O)c2cccc(OC)c2)c1.NC(=O)O. The number of carbonyl (C=O) groups excluding carboxylic acids is 1. The van der Waals surface area contributed by atoms with Gasteiger partial charge in [-0.2, -0.15) is 0 Å². The molecule has 1 amide bonds. The Labute approximate surface area is 139 Å².